The molecule has 1 spiro atoms. The van der Waals surface area contributed by atoms with E-state index in [1.165, 1.54) is 66.3 Å². The molecule has 0 amide bonds. The number of furan rings is 1. The molecule has 3 nitrogen and oxygen atoms in total. The van der Waals surface area contributed by atoms with E-state index >= 15 is 0 Å². The molecule has 3 heterocycles. The fourth-order valence-electron chi connectivity index (χ4n) is 10.4. The minimum absolute atomic E-state index is 0.576. The molecule has 11 aromatic rings. The second-order valence-corrected chi connectivity index (χ2v) is 15.2. The minimum Gasteiger partial charge on any atom is -0.455 e. The van der Waals surface area contributed by atoms with Gasteiger partial charge in [0.25, 0.3) is 0 Å². The molecule has 13 rings (SSSR count). The zero-order valence-electron chi connectivity index (χ0n) is 30.3. The van der Waals surface area contributed by atoms with E-state index in [1.54, 1.807) is 0 Å². The van der Waals surface area contributed by atoms with Crippen molar-refractivity contribution in [3.05, 3.63) is 216 Å². The van der Waals surface area contributed by atoms with E-state index in [-0.39, 0.29) is 0 Å². The van der Waals surface area contributed by atoms with Crippen molar-refractivity contribution in [1.29, 1.82) is 0 Å². The zero-order chi connectivity index (χ0) is 36.5. The van der Waals surface area contributed by atoms with Gasteiger partial charge in [0.2, 0.25) is 0 Å². The van der Waals surface area contributed by atoms with Crippen molar-refractivity contribution in [1.82, 2.24) is 4.57 Å². The summed E-state index contributed by atoms with van der Waals surface area (Å²) in [5.74, 6) is 0. The third-order valence-electron chi connectivity index (χ3n) is 12.5. The molecule has 0 saturated heterocycles. The van der Waals surface area contributed by atoms with Gasteiger partial charge in [-0.05, 0) is 87.3 Å². The van der Waals surface area contributed by atoms with Crippen LogP contribution >= 0.6 is 0 Å². The van der Waals surface area contributed by atoms with Crippen LogP contribution in [0.5, 0.6) is 0 Å². The van der Waals surface area contributed by atoms with E-state index in [1.807, 2.05) is 0 Å². The van der Waals surface area contributed by atoms with Crippen molar-refractivity contribution in [2.45, 2.75) is 5.41 Å². The van der Waals surface area contributed by atoms with Crippen molar-refractivity contribution in [2.75, 3.05) is 4.90 Å². The molecule has 56 heavy (non-hydrogen) atoms. The lowest BCUT2D eigenvalue weighted by Crippen LogP contribution is -2.33. The molecule has 0 bridgehead atoms. The largest absolute Gasteiger partial charge is 0.455 e. The summed E-state index contributed by atoms with van der Waals surface area (Å²) in [5, 5.41) is 7.06. The highest BCUT2D eigenvalue weighted by Crippen LogP contribution is 2.62. The number of para-hydroxylation sites is 3. The summed E-state index contributed by atoms with van der Waals surface area (Å²) in [6, 6.07) is 71.3. The van der Waals surface area contributed by atoms with Gasteiger partial charge < -0.3 is 13.9 Å². The lowest BCUT2D eigenvalue weighted by Gasteiger charge is -2.40. The Morgan fingerprint density at radius 2 is 1.11 bits per heavy atom. The Kier molecular flexibility index (Phi) is 5.83. The number of hydrogen-bond acceptors (Lipinski definition) is 2. The molecule has 0 radical (unpaired) electrons. The standard InChI is InChI=1S/C53H32N2O/c1-2-17-34(18-3-1)54(46-27-14-16-33-15-4-5-19-36(33)46)35-29-30-44-48(31-35)55-47-26-12-8-23-40(47)50-51(55)45(32-41-39-22-9-13-28-49(39)56-52(41)50)53(44)42-24-10-6-20-37(42)38-21-7-11-25-43(38)53/h1-32H. The first kappa shape index (κ1) is 30.0. The van der Waals surface area contributed by atoms with E-state index in [0.717, 1.165) is 44.4 Å². The molecule has 260 valence electrons. The topological polar surface area (TPSA) is 21.3 Å². The number of anilines is 3. The molecule has 1 aliphatic carbocycles. The van der Waals surface area contributed by atoms with E-state index in [9.17, 15) is 0 Å². The van der Waals surface area contributed by atoms with Crippen LogP contribution in [0.2, 0.25) is 0 Å². The van der Waals surface area contributed by atoms with Crippen LogP contribution in [-0.4, -0.2) is 4.57 Å². The highest BCUT2D eigenvalue weighted by atomic mass is 16.3. The van der Waals surface area contributed by atoms with Crippen LogP contribution in [0.15, 0.2) is 199 Å². The summed E-state index contributed by atoms with van der Waals surface area (Å²) in [6.45, 7) is 0. The zero-order valence-corrected chi connectivity index (χ0v) is 30.3. The Hall–Kier alpha value is -7.36. The van der Waals surface area contributed by atoms with Gasteiger partial charge in [0.1, 0.15) is 11.2 Å². The van der Waals surface area contributed by atoms with Gasteiger partial charge in [-0.25, -0.2) is 0 Å². The smallest absolute Gasteiger partial charge is 0.145 e. The molecular formula is C53H32N2O. The fraction of sp³-hybridized carbons (Fsp3) is 0.0189. The van der Waals surface area contributed by atoms with Crippen LogP contribution in [0.3, 0.4) is 0 Å². The minimum atomic E-state index is -0.576. The molecule has 2 aliphatic rings. The van der Waals surface area contributed by atoms with Gasteiger partial charge >= 0.3 is 0 Å². The van der Waals surface area contributed by atoms with Crippen molar-refractivity contribution in [2.24, 2.45) is 0 Å². The highest BCUT2D eigenvalue weighted by Gasteiger charge is 2.51. The molecule has 0 unspecified atom stereocenters. The predicted molar refractivity (Wildman–Crippen MR) is 231 cm³/mol. The van der Waals surface area contributed by atoms with Crippen LogP contribution in [0.1, 0.15) is 22.3 Å². The van der Waals surface area contributed by atoms with E-state index in [4.69, 9.17) is 4.42 Å². The van der Waals surface area contributed by atoms with Crippen LogP contribution in [0.4, 0.5) is 17.1 Å². The predicted octanol–water partition coefficient (Wildman–Crippen LogP) is 14.0. The van der Waals surface area contributed by atoms with Gasteiger partial charge in [0.05, 0.1) is 33.2 Å². The first-order chi connectivity index (χ1) is 27.8. The monoisotopic (exact) mass is 712 g/mol. The van der Waals surface area contributed by atoms with Gasteiger partial charge in [-0.15, -0.1) is 0 Å². The second-order valence-electron chi connectivity index (χ2n) is 15.2. The number of hydrogen-bond donors (Lipinski definition) is 0. The molecule has 0 atom stereocenters. The normalized spacial score (nSPS) is 13.5. The van der Waals surface area contributed by atoms with E-state index in [2.05, 4.69) is 204 Å². The summed E-state index contributed by atoms with van der Waals surface area (Å²) in [7, 11) is 0. The highest BCUT2D eigenvalue weighted by molar-refractivity contribution is 6.26. The Balaban J connectivity index is 1.23. The average molecular weight is 713 g/mol. The Labute approximate surface area is 322 Å². The number of nitrogens with zero attached hydrogens (tertiary/aromatic N) is 2. The Morgan fingerprint density at radius 3 is 1.93 bits per heavy atom. The molecule has 0 N–H and O–H groups in total. The summed E-state index contributed by atoms with van der Waals surface area (Å²) >= 11 is 0. The SMILES string of the molecule is c1ccc(N(c2ccc3c(c2)-n2c4ccccc4c4c5oc6ccccc6c5cc(c42)C32c3ccccc3-c3ccccc32)c2cccc3ccccc23)cc1. The van der Waals surface area contributed by atoms with Crippen molar-refractivity contribution in [3.63, 3.8) is 0 Å². The summed E-state index contributed by atoms with van der Waals surface area (Å²) in [6.07, 6.45) is 0. The number of aromatic nitrogens is 1. The lowest BCUT2D eigenvalue weighted by molar-refractivity contribution is 0.672. The molecule has 0 fully saturated rings. The first-order valence-electron chi connectivity index (χ1n) is 19.4. The number of benzene rings is 9. The molecule has 2 aromatic heterocycles. The molecule has 9 aromatic carbocycles. The van der Waals surface area contributed by atoms with Gasteiger partial charge in [0, 0.05) is 32.9 Å². The van der Waals surface area contributed by atoms with Crippen LogP contribution in [0, 0.1) is 0 Å². The van der Waals surface area contributed by atoms with Crippen molar-refractivity contribution < 1.29 is 4.42 Å². The van der Waals surface area contributed by atoms with E-state index in [0.29, 0.717) is 0 Å². The van der Waals surface area contributed by atoms with Gasteiger partial charge in [-0.1, -0.05) is 146 Å². The molecular weight excluding hydrogens is 681 g/mol. The van der Waals surface area contributed by atoms with Crippen LogP contribution < -0.4 is 4.90 Å². The number of rotatable bonds is 3. The molecule has 0 saturated carbocycles. The quantitative estimate of drug-likeness (QED) is 0.182. The molecule has 1 aliphatic heterocycles. The van der Waals surface area contributed by atoms with Gasteiger partial charge in [0.15, 0.2) is 0 Å². The van der Waals surface area contributed by atoms with Gasteiger partial charge in [-0.3, -0.25) is 0 Å². The summed E-state index contributed by atoms with van der Waals surface area (Å²) in [4.78, 5) is 2.42. The number of fused-ring (bicyclic) bond motifs is 17. The second kappa shape index (κ2) is 10.9. The van der Waals surface area contributed by atoms with Crippen LogP contribution in [0.25, 0.3) is 71.3 Å². The Bertz CT molecular complexity index is 3390. The van der Waals surface area contributed by atoms with Crippen LogP contribution in [-0.2, 0) is 5.41 Å². The van der Waals surface area contributed by atoms with E-state index < -0.39 is 5.41 Å². The third kappa shape index (κ3) is 3.67. The lowest BCUT2D eigenvalue weighted by atomic mass is 9.65. The van der Waals surface area contributed by atoms with Crippen molar-refractivity contribution in [3.8, 4) is 16.8 Å². The summed E-state index contributed by atoms with van der Waals surface area (Å²) in [5.41, 5.74) is 15.9. The Morgan fingerprint density at radius 1 is 0.446 bits per heavy atom. The fourth-order valence-corrected chi connectivity index (χ4v) is 10.4. The van der Waals surface area contributed by atoms with Gasteiger partial charge in [-0.2, -0.15) is 0 Å². The first-order valence-corrected chi connectivity index (χ1v) is 19.4. The maximum atomic E-state index is 6.89. The van der Waals surface area contributed by atoms with Crippen molar-refractivity contribution >= 4 is 71.6 Å². The molecule has 3 heteroatoms. The third-order valence-corrected chi connectivity index (χ3v) is 12.5. The maximum absolute atomic E-state index is 6.89. The maximum Gasteiger partial charge on any atom is 0.145 e. The summed E-state index contributed by atoms with van der Waals surface area (Å²) < 4.78 is 9.42. The average Bonchev–Trinajstić information content (AvgIpc) is 3.91.